The summed E-state index contributed by atoms with van der Waals surface area (Å²) in [4.78, 5) is 4.56. The van der Waals surface area contributed by atoms with Crippen LogP contribution < -0.4 is 5.73 Å². The van der Waals surface area contributed by atoms with Crippen molar-refractivity contribution in [2.45, 2.75) is 0 Å². The number of fused-ring (bicyclic) bond motifs is 2. The zero-order valence-electron chi connectivity index (χ0n) is 8.64. The van der Waals surface area contributed by atoms with Crippen LogP contribution in [0.1, 0.15) is 0 Å². The molecule has 0 atom stereocenters. The van der Waals surface area contributed by atoms with Crippen LogP contribution in [0.15, 0.2) is 48.5 Å². The molecule has 80 valence electrons. The van der Waals surface area contributed by atoms with Crippen LogP contribution in [0.3, 0.4) is 0 Å². The van der Waals surface area contributed by atoms with Crippen molar-refractivity contribution in [3.8, 4) is 0 Å². The monoisotopic (exact) mass is 212 g/mol. The van der Waals surface area contributed by atoms with E-state index in [-0.39, 0.29) is 5.48 Å². The van der Waals surface area contributed by atoms with Gasteiger partial charge in [0.05, 0.1) is 16.7 Å². The maximum absolute atomic E-state index is 6.11. The van der Waals surface area contributed by atoms with E-state index < -0.39 is 0 Å². The summed E-state index contributed by atoms with van der Waals surface area (Å²) >= 11 is 0. The van der Waals surface area contributed by atoms with Crippen LogP contribution in [0.2, 0.25) is 0 Å². The van der Waals surface area contributed by atoms with Crippen molar-refractivity contribution >= 4 is 27.5 Å². The van der Waals surface area contributed by atoms with Gasteiger partial charge in [-0.15, -0.1) is 0 Å². The van der Waals surface area contributed by atoms with Gasteiger partial charge in [-0.3, -0.25) is 0 Å². The third-order valence-corrected chi connectivity index (χ3v) is 2.63. The summed E-state index contributed by atoms with van der Waals surface area (Å²) < 4.78 is 0. The van der Waals surface area contributed by atoms with Crippen LogP contribution in [0.4, 0.5) is 5.69 Å². The molecule has 0 amide bonds. The Morgan fingerprint density at radius 2 is 1.19 bits per heavy atom. The van der Waals surface area contributed by atoms with E-state index >= 15 is 0 Å². The summed E-state index contributed by atoms with van der Waals surface area (Å²) in [5.41, 5.74) is 8.84. The number of hydrogen-bond acceptors (Lipinski definition) is 2. The molecule has 1 heterocycles. The highest BCUT2D eigenvalue weighted by molar-refractivity contribution is 6.06. The van der Waals surface area contributed by atoms with Gasteiger partial charge in [-0.25, -0.2) is 4.98 Å². The van der Waals surface area contributed by atoms with Crippen molar-refractivity contribution in [1.82, 2.24) is 4.98 Å². The van der Waals surface area contributed by atoms with Crippen molar-refractivity contribution in [3.63, 3.8) is 0 Å². The topological polar surface area (TPSA) is 70.4 Å². The minimum Gasteiger partial charge on any atom is -0.412 e. The molecule has 1 aromatic heterocycles. The maximum Gasteiger partial charge on any atom is 0.0730 e. The van der Waals surface area contributed by atoms with Crippen LogP contribution in [-0.2, 0) is 0 Å². The normalized spacial score (nSPS) is 10.2. The number of rotatable bonds is 0. The first-order valence-electron chi connectivity index (χ1n) is 4.89. The molecule has 0 bridgehead atoms. The first kappa shape index (κ1) is 10.4. The molecule has 0 radical (unpaired) electrons. The van der Waals surface area contributed by atoms with Crippen molar-refractivity contribution in [1.29, 1.82) is 0 Å². The molecule has 0 unspecified atom stereocenters. The molecular weight excluding hydrogens is 200 g/mol. The Balaban J connectivity index is 0.000000963. The minimum absolute atomic E-state index is 0. The van der Waals surface area contributed by atoms with Gasteiger partial charge < -0.3 is 11.2 Å². The number of nitrogen functional groups attached to an aromatic ring is 1. The molecule has 4 N–H and O–H groups in total. The Morgan fingerprint density at radius 1 is 0.750 bits per heavy atom. The van der Waals surface area contributed by atoms with Crippen LogP contribution >= 0.6 is 0 Å². The summed E-state index contributed by atoms with van der Waals surface area (Å²) in [6.45, 7) is 0. The van der Waals surface area contributed by atoms with Crippen LogP contribution in [0.25, 0.3) is 21.8 Å². The predicted octanol–water partition coefficient (Wildman–Crippen LogP) is 2.15. The van der Waals surface area contributed by atoms with Gasteiger partial charge in [0.2, 0.25) is 0 Å². The maximum atomic E-state index is 6.11. The minimum atomic E-state index is 0. The zero-order valence-corrected chi connectivity index (χ0v) is 8.64. The van der Waals surface area contributed by atoms with E-state index in [1.807, 2.05) is 48.5 Å². The molecule has 0 aliphatic heterocycles. The average Bonchev–Trinajstić information content (AvgIpc) is 2.30. The summed E-state index contributed by atoms with van der Waals surface area (Å²) in [6.07, 6.45) is 0. The molecule has 0 saturated carbocycles. The fraction of sp³-hybridized carbons (Fsp3) is 0. The molecule has 3 aromatic rings. The Kier molecular flexibility index (Phi) is 2.46. The summed E-state index contributed by atoms with van der Waals surface area (Å²) in [7, 11) is 0. The van der Waals surface area contributed by atoms with Gasteiger partial charge in [-0.1, -0.05) is 36.4 Å². The number of aromatic nitrogens is 1. The summed E-state index contributed by atoms with van der Waals surface area (Å²) in [6, 6.07) is 15.9. The number of benzene rings is 2. The smallest absolute Gasteiger partial charge is 0.0730 e. The van der Waals surface area contributed by atoms with Crippen LogP contribution in [0, 0.1) is 0 Å². The van der Waals surface area contributed by atoms with Gasteiger partial charge >= 0.3 is 0 Å². The first-order valence-corrected chi connectivity index (χ1v) is 4.89. The highest BCUT2D eigenvalue weighted by Gasteiger charge is 2.03. The molecule has 0 fully saturated rings. The van der Waals surface area contributed by atoms with Gasteiger partial charge in [0.1, 0.15) is 0 Å². The molecule has 0 aliphatic rings. The Labute approximate surface area is 92.8 Å². The lowest BCUT2D eigenvalue weighted by Gasteiger charge is -2.05. The first-order chi connectivity index (χ1) is 7.36. The number of para-hydroxylation sites is 2. The fourth-order valence-electron chi connectivity index (χ4n) is 1.87. The van der Waals surface area contributed by atoms with Crippen LogP contribution in [-0.4, -0.2) is 10.5 Å². The van der Waals surface area contributed by atoms with E-state index in [9.17, 15) is 0 Å². The second-order valence-electron chi connectivity index (χ2n) is 3.56. The zero-order chi connectivity index (χ0) is 10.3. The standard InChI is InChI=1S/C13H10N2.H2O/c14-13-9-5-1-3-7-11(9)15-12-8-4-2-6-10(12)13;/h1-8H,(H2,14,15);1H2. The second-order valence-corrected chi connectivity index (χ2v) is 3.56. The highest BCUT2D eigenvalue weighted by Crippen LogP contribution is 2.27. The molecule has 3 heteroatoms. The summed E-state index contributed by atoms with van der Waals surface area (Å²) in [5.74, 6) is 0. The SMILES string of the molecule is Nc1c2ccccc2nc2ccccc12.O. The molecule has 0 aliphatic carbocycles. The van der Waals surface area contributed by atoms with E-state index in [0.717, 1.165) is 27.5 Å². The largest absolute Gasteiger partial charge is 0.412 e. The van der Waals surface area contributed by atoms with Crippen LogP contribution in [0.5, 0.6) is 0 Å². The third-order valence-electron chi connectivity index (χ3n) is 2.63. The second kappa shape index (κ2) is 3.79. The predicted molar refractivity (Wildman–Crippen MR) is 67.3 cm³/mol. The summed E-state index contributed by atoms with van der Waals surface area (Å²) in [5, 5.41) is 2.05. The van der Waals surface area contributed by atoms with Gasteiger partial charge in [-0.2, -0.15) is 0 Å². The van der Waals surface area contributed by atoms with Crippen molar-refractivity contribution < 1.29 is 5.48 Å². The highest BCUT2D eigenvalue weighted by atomic mass is 16.0. The van der Waals surface area contributed by atoms with Gasteiger partial charge in [0.15, 0.2) is 0 Å². The Morgan fingerprint density at radius 3 is 1.69 bits per heavy atom. The van der Waals surface area contributed by atoms with Crippen molar-refractivity contribution in [2.75, 3.05) is 5.73 Å². The van der Waals surface area contributed by atoms with E-state index in [1.165, 1.54) is 0 Å². The average molecular weight is 212 g/mol. The number of nitrogens with two attached hydrogens (primary N) is 1. The van der Waals surface area contributed by atoms with Gasteiger partial charge in [0, 0.05) is 10.8 Å². The van der Waals surface area contributed by atoms with E-state index in [1.54, 1.807) is 0 Å². The lowest BCUT2D eigenvalue weighted by molar-refractivity contribution is 0.824. The van der Waals surface area contributed by atoms with E-state index in [0.29, 0.717) is 0 Å². The molecule has 2 aromatic carbocycles. The number of anilines is 1. The van der Waals surface area contributed by atoms with Crippen molar-refractivity contribution in [2.24, 2.45) is 0 Å². The van der Waals surface area contributed by atoms with Crippen molar-refractivity contribution in [3.05, 3.63) is 48.5 Å². The molecule has 3 rings (SSSR count). The van der Waals surface area contributed by atoms with Gasteiger partial charge in [-0.05, 0) is 12.1 Å². The molecule has 0 saturated heterocycles. The molecule has 3 nitrogen and oxygen atoms in total. The third kappa shape index (κ3) is 1.38. The van der Waals surface area contributed by atoms with E-state index in [2.05, 4.69) is 4.98 Å². The number of hydrogen-bond donors (Lipinski definition) is 1. The lowest BCUT2D eigenvalue weighted by Crippen LogP contribution is -1.91. The molecule has 16 heavy (non-hydrogen) atoms. The number of nitrogens with zero attached hydrogens (tertiary/aromatic N) is 1. The quantitative estimate of drug-likeness (QED) is 0.580. The van der Waals surface area contributed by atoms with Gasteiger partial charge in [0.25, 0.3) is 0 Å². The number of pyridine rings is 1. The Hall–Kier alpha value is -2.13. The molecule has 0 spiro atoms. The molecular formula is C13H12N2O. The fourth-order valence-corrected chi connectivity index (χ4v) is 1.87. The lowest BCUT2D eigenvalue weighted by atomic mass is 10.1. The Bertz CT molecular complexity index is 596. The van der Waals surface area contributed by atoms with E-state index in [4.69, 9.17) is 5.73 Å².